The first kappa shape index (κ1) is 14.2. The molecule has 2 rings (SSSR count). The van der Waals surface area contributed by atoms with Crippen LogP contribution in [0.2, 0.25) is 0 Å². The van der Waals surface area contributed by atoms with E-state index in [1.54, 1.807) is 12.0 Å². The Balaban J connectivity index is 1.94. The molecule has 0 bridgehead atoms. The smallest absolute Gasteiger partial charge is 0.346 e. The molecule has 0 radical (unpaired) electrons. The molecule has 0 spiro atoms. The summed E-state index contributed by atoms with van der Waals surface area (Å²) in [7, 11) is 1.56. The van der Waals surface area contributed by atoms with Crippen LogP contribution in [-0.4, -0.2) is 53.5 Å². The highest BCUT2D eigenvalue weighted by atomic mass is 16.5. The Morgan fingerprint density at radius 2 is 2.40 bits per heavy atom. The van der Waals surface area contributed by atoms with E-state index in [0.29, 0.717) is 19.7 Å². The molecule has 1 atom stereocenters. The number of amides is 2. The summed E-state index contributed by atoms with van der Waals surface area (Å²) in [6.07, 6.45) is 1.48. The van der Waals surface area contributed by atoms with Crippen LogP contribution in [0.15, 0.2) is 17.1 Å². The number of likely N-dealkylation sites (tertiary alicyclic amines) is 1. The van der Waals surface area contributed by atoms with Crippen molar-refractivity contribution in [1.29, 1.82) is 0 Å². The van der Waals surface area contributed by atoms with Crippen LogP contribution < -0.4 is 11.0 Å². The molecular formula is C12H16N4O4. The summed E-state index contributed by atoms with van der Waals surface area (Å²) in [6.45, 7) is 1.28. The molecule has 0 aromatic carbocycles. The number of hydrogen-bond acceptors (Lipinski definition) is 5. The van der Waals surface area contributed by atoms with Crippen LogP contribution in [0, 0.1) is 5.92 Å². The number of H-pyrrole nitrogens is 1. The Kier molecular flexibility index (Phi) is 4.46. The van der Waals surface area contributed by atoms with Gasteiger partial charge in [0.15, 0.2) is 0 Å². The summed E-state index contributed by atoms with van der Waals surface area (Å²) in [5, 5.41) is 2.58. The van der Waals surface area contributed by atoms with Crippen LogP contribution >= 0.6 is 0 Å². The predicted octanol–water partition coefficient (Wildman–Crippen LogP) is -0.797. The number of methoxy groups -OCH3 is 1. The number of rotatable bonds is 5. The summed E-state index contributed by atoms with van der Waals surface area (Å²) in [6, 6.07) is 1.48. The molecule has 2 heterocycles. The fraction of sp³-hybridized carbons (Fsp3) is 0.500. The van der Waals surface area contributed by atoms with Gasteiger partial charge in [0.1, 0.15) is 5.82 Å². The van der Waals surface area contributed by atoms with Gasteiger partial charge in [0.05, 0.1) is 12.5 Å². The van der Waals surface area contributed by atoms with Gasteiger partial charge in [-0.15, -0.1) is 0 Å². The SMILES string of the molecule is COCCN1CC(C(=O)Nc2ccnc(=O)[nH]2)CC1=O. The van der Waals surface area contributed by atoms with Crippen LogP contribution in [0.1, 0.15) is 6.42 Å². The van der Waals surface area contributed by atoms with Crippen molar-refractivity contribution < 1.29 is 14.3 Å². The number of aromatic nitrogens is 2. The summed E-state index contributed by atoms with van der Waals surface area (Å²) in [4.78, 5) is 42.2. The lowest BCUT2D eigenvalue weighted by atomic mass is 10.1. The third-order valence-electron chi connectivity index (χ3n) is 3.08. The zero-order valence-electron chi connectivity index (χ0n) is 11.1. The van der Waals surface area contributed by atoms with E-state index in [4.69, 9.17) is 4.74 Å². The van der Waals surface area contributed by atoms with Crippen molar-refractivity contribution >= 4 is 17.6 Å². The maximum Gasteiger partial charge on any atom is 0.346 e. The molecule has 108 valence electrons. The lowest BCUT2D eigenvalue weighted by Gasteiger charge is -2.15. The Morgan fingerprint density at radius 3 is 3.10 bits per heavy atom. The van der Waals surface area contributed by atoms with Crippen molar-refractivity contribution in [1.82, 2.24) is 14.9 Å². The number of nitrogens with one attached hydrogen (secondary N) is 2. The minimum Gasteiger partial charge on any atom is -0.383 e. The first-order valence-electron chi connectivity index (χ1n) is 6.23. The first-order valence-corrected chi connectivity index (χ1v) is 6.23. The van der Waals surface area contributed by atoms with Crippen LogP contribution in [0.3, 0.4) is 0 Å². The molecule has 8 heteroatoms. The zero-order chi connectivity index (χ0) is 14.5. The molecular weight excluding hydrogens is 264 g/mol. The fourth-order valence-corrected chi connectivity index (χ4v) is 2.04. The highest BCUT2D eigenvalue weighted by Crippen LogP contribution is 2.18. The molecule has 1 aliphatic rings. The average molecular weight is 280 g/mol. The number of nitrogens with zero attached hydrogens (tertiary/aromatic N) is 2. The van der Waals surface area contributed by atoms with E-state index in [2.05, 4.69) is 15.3 Å². The quantitative estimate of drug-likeness (QED) is 0.735. The fourth-order valence-electron chi connectivity index (χ4n) is 2.04. The van der Waals surface area contributed by atoms with E-state index >= 15 is 0 Å². The zero-order valence-corrected chi connectivity index (χ0v) is 11.1. The number of anilines is 1. The Hall–Kier alpha value is -2.22. The van der Waals surface area contributed by atoms with Gasteiger partial charge in [0, 0.05) is 32.8 Å². The number of ether oxygens (including phenoxy) is 1. The van der Waals surface area contributed by atoms with Gasteiger partial charge in [-0.25, -0.2) is 9.78 Å². The number of carbonyl (C=O) groups excluding carboxylic acids is 2. The summed E-state index contributed by atoms with van der Waals surface area (Å²) >= 11 is 0. The van der Waals surface area contributed by atoms with Gasteiger partial charge in [-0.1, -0.05) is 0 Å². The van der Waals surface area contributed by atoms with E-state index < -0.39 is 11.6 Å². The van der Waals surface area contributed by atoms with Gasteiger partial charge in [-0.05, 0) is 6.07 Å². The average Bonchev–Trinajstić information content (AvgIpc) is 2.78. The van der Waals surface area contributed by atoms with Gasteiger partial charge < -0.3 is 15.0 Å². The predicted molar refractivity (Wildman–Crippen MR) is 70.1 cm³/mol. The molecule has 1 aromatic heterocycles. The van der Waals surface area contributed by atoms with Crippen molar-refractivity contribution in [2.75, 3.05) is 32.1 Å². The van der Waals surface area contributed by atoms with Crippen molar-refractivity contribution in [3.8, 4) is 0 Å². The molecule has 0 aliphatic carbocycles. The Bertz CT molecular complexity index is 556. The van der Waals surface area contributed by atoms with Crippen LogP contribution in [0.5, 0.6) is 0 Å². The van der Waals surface area contributed by atoms with Crippen LogP contribution in [0.4, 0.5) is 5.82 Å². The molecule has 1 unspecified atom stereocenters. The summed E-state index contributed by atoms with van der Waals surface area (Å²) < 4.78 is 4.92. The minimum absolute atomic E-state index is 0.0644. The van der Waals surface area contributed by atoms with Gasteiger partial charge in [0.25, 0.3) is 0 Å². The van der Waals surface area contributed by atoms with Crippen LogP contribution in [0.25, 0.3) is 0 Å². The largest absolute Gasteiger partial charge is 0.383 e. The van der Waals surface area contributed by atoms with Crippen molar-refractivity contribution in [2.45, 2.75) is 6.42 Å². The normalized spacial score (nSPS) is 18.4. The number of hydrogen-bond donors (Lipinski definition) is 2. The van der Waals surface area contributed by atoms with E-state index in [-0.39, 0.29) is 24.1 Å². The summed E-state index contributed by atoms with van der Waals surface area (Å²) in [5.41, 5.74) is -0.535. The van der Waals surface area contributed by atoms with Crippen LogP contribution in [-0.2, 0) is 14.3 Å². The molecule has 8 nitrogen and oxygen atoms in total. The monoisotopic (exact) mass is 280 g/mol. The second-order valence-electron chi connectivity index (χ2n) is 4.51. The number of carbonyl (C=O) groups is 2. The third kappa shape index (κ3) is 3.41. The van der Waals surface area contributed by atoms with Crippen molar-refractivity contribution in [3.05, 3.63) is 22.7 Å². The maximum atomic E-state index is 12.0. The molecule has 2 amide bonds. The van der Waals surface area contributed by atoms with Crippen molar-refractivity contribution in [2.24, 2.45) is 5.92 Å². The van der Waals surface area contributed by atoms with Crippen molar-refractivity contribution in [3.63, 3.8) is 0 Å². The lowest BCUT2D eigenvalue weighted by Crippen LogP contribution is -2.31. The molecule has 20 heavy (non-hydrogen) atoms. The molecule has 1 fully saturated rings. The summed E-state index contributed by atoms with van der Waals surface area (Å²) in [5.74, 6) is -0.501. The highest BCUT2D eigenvalue weighted by Gasteiger charge is 2.34. The topological polar surface area (TPSA) is 104 Å². The van der Waals surface area contributed by atoms with E-state index in [0.717, 1.165) is 0 Å². The van der Waals surface area contributed by atoms with Gasteiger partial charge in [-0.3, -0.25) is 14.6 Å². The van der Waals surface area contributed by atoms with Gasteiger partial charge >= 0.3 is 5.69 Å². The number of aromatic amines is 1. The molecule has 1 aromatic rings. The van der Waals surface area contributed by atoms with Gasteiger partial charge in [0.2, 0.25) is 11.8 Å². The molecule has 1 saturated heterocycles. The van der Waals surface area contributed by atoms with E-state index in [9.17, 15) is 14.4 Å². The van der Waals surface area contributed by atoms with E-state index in [1.807, 2.05) is 0 Å². The Labute approximate surface area is 115 Å². The third-order valence-corrected chi connectivity index (χ3v) is 3.08. The second kappa shape index (κ2) is 6.29. The van der Waals surface area contributed by atoms with E-state index in [1.165, 1.54) is 12.3 Å². The molecule has 1 aliphatic heterocycles. The molecule has 0 saturated carbocycles. The molecule has 2 N–H and O–H groups in total. The maximum absolute atomic E-state index is 12.0. The standard InChI is InChI=1S/C12H16N4O4/c1-20-5-4-16-7-8(6-10(16)17)11(18)14-9-2-3-13-12(19)15-9/h2-3,8H,4-7H2,1H3,(H2,13,14,15,18,19). The first-order chi connectivity index (χ1) is 9.60. The lowest BCUT2D eigenvalue weighted by molar-refractivity contribution is -0.128. The Morgan fingerprint density at radius 1 is 1.60 bits per heavy atom. The minimum atomic E-state index is -0.535. The second-order valence-corrected chi connectivity index (χ2v) is 4.51. The van der Waals surface area contributed by atoms with Gasteiger partial charge in [-0.2, -0.15) is 0 Å². The highest BCUT2D eigenvalue weighted by molar-refractivity contribution is 5.96.